The molecule has 25 heavy (non-hydrogen) atoms. The summed E-state index contributed by atoms with van der Waals surface area (Å²) >= 11 is 0. The van der Waals surface area contributed by atoms with E-state index in [0.29, 0.717) is 30.8 Å². The van der Waals surface area contributed by atoms with Crippen LogP contribution in [-0.2, 0) is 11.2 Å². The smallest absolute Gasteiger partial charge is 0.258 e. The summed E-state index contributed by atoms with van der Waals surface area (Å²) in [6.07, 6.45) is 1.68. The Morgan fingerprint density at radius 3 is 2.56 bits per heavy atom. The summed E-state index contributed by atoms with van der Waals surface area (Å²) in [5.74, 6) is -1.25. The Bertz CT molecular complexity index is 762. The van der Waals surface area contributed by atoms with Crippen molar-refractivity contribution in [1.29, 1.82) is 0 Å². The average Bonchev–Trinajstić information content (AvgIpc) is 2.60. The van der Waals surface area contributed by atoms with Crippen LogP contribution in [0.2, 0.25) is 0 Å². The number of nitrogens with two attached hydrogens (primary N) is 1. The van der Waals surface area contributed by atoms with Crippen molar-refractivity contribution in [2.45, 2.75) is 26.2 Å². The van der Waals surface area contributed by atoms with Crippen molar-refractivity contribution in [3.63, 3.8) is 0 Å². The zero-order valence-electron chi connectivity index (χ0n) is 14.1. The first-order valence-corrected chi connectivity index (χ1v) is 8.24. The van der Waals surface area contributed by atoms with E-state index in [1.54, 1.807) is 18.2 Å². The predicted octanol–water partition coefficient (Wildman–Crippen LogP) is 3.32. The van der Waals surface area contributed by atoms with Crippen LogP contribution in [0.1, 0.15) is 35.7 Å². The van der Waals surface area contributed by atoms with E-state index in [9.17, 15) is 14.0 Å². The highest BCUT2D eigenvalue weighted by molar-refractivity contribution is 6.05. The number of rotatable bonds is 7. The predicted molar refractivity (Wildman–Crippen MR) is 97.1 cm³/mol. The number of aryl methyl sites for hydroxylation is 1. The van der Waals surface area contributed by atoms with Gasteiger partial charge in [0.1, 0.15) is 5.82 Å². The van der Waals surface area contributed by atoms with Crippen LogP contribution in [-0.4, -0.2) is 18.4 Å². The standard InChI is InChI=1S/C19H22FN3O2/c1-2-13-9-10-14(12-17(13)23-18(24)8-5-11-21)22-19(25)15-6-3-4-7-16(15)20/h3-4,6-7,9-10,12H,2,5,8,11,21H2,1H3,(H,22,25)(H,23,24). The molecular weight excluding hydrogens is 321 g/mol. The van der Waals surface area contributed by atoms with Gasteiger partial charge in [-0.05, 0) is 49.2 Å². The lowest BCUT2D eigenvalue weighted by molar-refractivity contribution is -0.116. The molecular formula is C19H22FN3O2. The van der Waals surface area contributed by atoms with E-state index in [0.717, 1.165) is 12.0 Å². The maximum Gasteiger partial charge on any atom is 0.258 e. The Morgan fingerprint density at radius 1 is 1.12 bits per heavy atom. The lowest BCUT2D eigenvalue weighted by Crippen LogP contribution is -2.16. The zero-order valence-corrected chi connectivity index (χ0v) is 14.1. The second kappa shape index (κ2) is 8.94. The van der Waals surface area contributed by atoms with E-state index in [4.69, 9.17) is 5.73 Å². The van der Waals surface area contributed by atoms with E-state index in [-0.39, 0.29) is 11.5 Å². The maximum absolute atomic E-state index is 13.7. The highest BCUT2D eigenvalue weighted by Crippen LogP contribution is 2.23. The molecule has 0 aliphatic heterocycles. The fraction of sp³-hybridized carbons (Fsp3) is 0.263. The molecule has 6 heteroatoms. The van der Waals surface area contributed by atoms with Crippen molar-refractivity contribution in [2.24, 2.45) is 5.73 Å². The molecule has 2 aromatic rings. The zero-order chi connectivity index (χ0) is 18.2. The topological polar surface area (TPSA) is 84.2 Å². The summed E-state index contributed by atoms with van der Waals surface area (Å²) < 4.78 is 13.7. The minimum Gasteiger partial charge on any atom is -0.330 e. The van der Waals surface area contributed by atoms with Gasteiger partial charge in [-0.3, -0.25) is 9.59 Å². The van der Waals surface area contributed by atoms with Crippen molar-refractivity contribution < 1.29 is 14.0 Å². The van der Waals surface area contributed by atoms with Crippen LogP contribution in [0.15, 0.2) is 42.5 Å². The minimum absolute atomic E-state index is 0.0319. The third-order valence-corrected chi connectivity index (χ3v) is 3.75. The van der Waals surface area contributed by atoms with Crippen LogP contribution in [0.4, 0.5) is 15.8 Å². The molecule has 2 rings (SSSR count). The Kier molecular flexibility index (Phi) is 6.65. The Labute approximate surface area is 146 Å². The molecule has 0 aromatic heterocycles. The highest BCUT2D eigenvalue weighted by atomic mass is 19.1. The summed E-state index contributed by atoms with van der Waals surface area (Å²) in [7, 11) is 0. The molecule has 0 spiro atoms. The summed E-state index contributed by atoms with van der Waals surface area (Å²) in [6.45, 7) is 2.43. The quantitative estimate of drug-likeness (QED) is 0.721. The monoisotopic (exact) mass is 343 g/mol. The van der Waals surface area contributed by atoms with Crippen molar-refractivity contribution >= 4 is 23.2 Å². The first-order chi connectivity index (χ1) is 12.0. The van der Waals surface area contributed by atoms with Gasteiger partial charge in [0, 0.05) is 17.8 Å². The van der Waals surface area contributed by atoms with Crippen LogP contribution < -0.4 is 16.4 Å². The third-order valence-electron chi connectivity index (χ3n) is 3.75. The molecule has 0 unspecified atom stereocenters. The molecule has 0 fully saturated rings. The molecule has 0 atom stereocenters. The molecule has 2 aromatic carbocycles. The van der Waals surface area contributed by atoms with Crippen molar-refractivity contribution in [3.8, 4) is 0 Å². The number of anilines is 2. The van der Waals surface area contributed by atoms with Crippen molar-refractivity contribution in [3.05, 3.63) is 59.4 Å². The molecule has 0 heterocycles. The Morgan fingerprint density at radius 2 is 1.88 bits per heavy atom. The third kappa shape index (κ3) is 5.12. The number of carbonyl (C=O) groups excluding carboxylic acids is 2. The molecule has 4 N–H and O–H groups in total. The van der Waals surface area contributed by atoms with Gasteiger partial charge < -0.3 is 16.4 Å². The minimum atomic E-state index is -0.583. The second-order valence-corrected chi connectivity index (χ2v) is 5.60. The summed E-state index contributed by atoms with van der Waals surface area (Å²) in [6, 6.07) is 11.0. The Balaban J connectivity index is 2.16. The average molecular weight is 343 g/mol. The SMILES string of the molecule is CCc1ccc(NC(=O)c2ccccc2F)cc1NC(=O)CCCN. The van der Waals surface area contributed by atoms with Gasteiger partial charge in [0.25, 0.3) is 5.91 Å². The van der Waals surface area contributed by atoms with Gasteiger partial charge in [-0.15, -0.1) is 0 Å². The van der Waals surface area contributed by atoms with Crippen LogP contribution in [0, 0.1) is 5.82 Å². The van der Waals surface area contributed by atoms with E-state index in [1.807, 2.05) is 13.0 Å². The lowest BCUT2D eigenvalue weighted by atomic mass is 10.1. The summed E-state index contributed by atoms with van der Waals surface area (Å²) in [5, 5.41) is 5.50. The molecule has 0 saturated heterocycles. The number of benzene rings is 2. The van der Waals surface area contributed by atoms with Crippen LogP contribution in [0.25, 0.3) is 0 Å². The van der Waals surface area contributed by atoms with Crippen LogP contribution in [0.3, 0.4) is 0 Å². The first kappa shape index (κ1) is 18.6. The summed E-state index contributed by atoms with van der Waals surface area (Å²) in [5.41, 5.74) is 7.45. The molecule has 0 radical (unpaired) electrons. The first-order valence-electron chi connectivity index (χ1n) is 8.24. The lowest BCUT2D eigenvalue weighted by Gasteiger charge is -2.13. The highest BCUT2D eigenvalue weighted by Gasteiger charge is 2.12. The number of halogens is 1. The molecule has 132 valence electrons. The van der Waals surface area contributed by atoms with E-state index in [2.05, 4.69) is 10.6 Å². The van der Waals surface area contributed by atoms with Gasteiger partial charge in [-0.1, -0.05) is 25.1 Å². The molecule has 0 saturated carbocycles. The second-order valence-electron chi connectivity index (χ2n) is 5.60. The Hall–Kier alpha value is -2.73. The van der Waals surface area contributed by atoms with Crippen molar-refractivity contribution in [1.82, 2.24) is 0 Å². The van der Waals surface area contributed by atoms with Gasteiger partial charge in [0.05, 0.1) is 5.56 Å². The van der Waals surface area contributed by atoms with E-state index < -0.39 is 11.7 Å². The van der Waals surface area contributed by atoms with Gasteiger partial charge in [0.15, 0.2) is 0 Å². The molecule has 0 aliphatic rings. The number of amides is 2. The van der Waals surface area contributed by atoms with E-state index >= 15 is 0 Å². The van der Waals surface area contributed by atoms with Gasteiger partial charge in [-0.2, -0.15) is 0 Å². The normalized spacial score (nSPS) is 10.4. The molecule has 5 nitrogen and oxygen atoms in total. The number of hydrogen-bond acceptors (Lipinski definition) is 3. The van der Waals surface area contributed by atoms with Crippen LogP contribution >= 0.6 is 0 Å². The number of nitrogens with one attached hydrogen (secondary N) is 2. The number of hydrogen-bond donors (Lipinski definition) is 3. The van der Waals surface area contributed by atoms with Gasteiger partial charge in [-0.25, -0.2) is 4.39 Å². The fourth-order valence-electron chi connectivity index (χ4n) is 2.40. The number of carbonyl (C=O) groups is 2. The summed E-state index contributed by atoms with van der Waals surface area (Å²) in [4.78, 5) is 24.1. The largest absolute Gasteiger partial charge is 0.330 e. The van der Waals surface area contributed by atoms with E-state index in [1.165, 1.54) is 18.2 Å². The molecule has 2 amide bonds. The van der Waals surface area contributed by atoms with Crippen molar-refractivity contribution in [2.75, 3.05) is 17.2 Å². The molecule has 0 bridgehead atoms. The fourth-order valence-corrected chi connectivity index (χ4v) is 2.40. The van der Waals surface area contributed by atoms with Gasteiger partial charge in [0.2, 0.25) is 5.91 Å². The maximum atomic E-state index is 13.7. The van der Waals surface area contributed by atoms with Crippen LogP contribution in [0.5, 0.6) is 0 Å². The molecule has 0 aliphatic carbocycles. The van der Waals surface area contributed by atoms with Gasteiger partial charge >= 0.3 is 0 Å².